The molecule has 132 valence electrons. The van der Waals surface area contributed by atoms with E-state index in [1.165, 1.54) is 31.4 Å². The van der Waals surface area contributed by atoms with Crippen molar-refractivity contribution in [3.05, 3.63) is 47.5 Å². The summed E-state index contributed by atoms with van der Waals surface area (Å²) < 4.78 is 58.0. The van der Waals surface area contributed by atoms with Gasteiger partial charge in [-0.05, 0) is 29.8 Å². The lowest BCUT2D eigenvalue weighted by molar-refractivity contribution is -0.146. The fraction of sp³-hybridized carbons (Fsp3) is 0.267. The molecule has 3 aromatic rings. The highest BCUT2D eigenvalue weighted by Gasteiger charge is 2.37. The summed E-state index contributed by atoms with van der Waals surface area (Å²) in [5, 5.41) is 10.5. The second-order valence-electron chi connectivity index (χ2n) is 5.31. The zero-order valence-corrected chi connectivity index (χ0v) is 13.3. The van der Waals surface area contributed by atoms with Crippen LogP contribution in [-0.4, -0.2) is 34.0 Å². The van der Waals surface area contributed by atoms with Crippen LogP contribution in [0.1, 0.15) is 11.4 Å². The van der Waals surface area contributed by atoms with E-state index in [1.807, 2.05) is 0 Å². The van der Waals surface area contributed by atoms with Crippen LogP contribution in [0.15, 0.2) is 30.3 Å². The van der Waals surface area contributed by atoms with Crippen molar-refractivity contribution in [1.82, 2.24) is 19.8 Å². The minimum atomic E-state index is -4.66. The van der Waals surface area contributed by atoms with Crippen molar-refractivity contribution < 1.29 is 22.3 Å². The van der Waals surface area contributed by atoms with Crippen LogP contribution in [0, 0.1) is 5.82 Å². The highest BCUT2D eigenvalue weighted by atomic mass is 19.4. The van der Waals surface area contributed by atoms with Crippen LogP contribution in [0.3, 0.4) is 0 Å². The van der Waals surface area contributed by atoms with Gasteiger partial charge < -0.3 is 9.64 Å². The highest BCUT2D eigenvalue weighted by molar-refractivity contribution is 5.46. The van der Waals surface area contributed by atoms with Crippen molar-refractivity contribution in [2.45, 2.75) is 12.7 Å². The normalized spacial score (nSPS) is 11.8. The van der Waals surface area contributed by atoms with Gasteiger partial charge in [-0.25, -0.2) is 4.39 Å². The number of ether oxygens (including phenoxy) is 1. The quantitative estimate of drug-likeness (QED) is 0.674. The standard InChI is InChI=1S/C15H13F4N5O/c1-23(8-9-3-4-11(25-2)10(16)7-9)13-6-5-12-20-21-14(15(17,18)19)24(12)22-13/h3-7H,8H2,1-2H3. The van der Waals surface area contributed by atoms with Crippen LogP contribution in [-0.2, 0) is 12.7 Å². The Kier molecular flexibility index (Phi) is 4.19. The Morgan fingerprint density at radius 1 is 1.16 bits per heavy atom. The molecule has 0 aliphatic rings. The summed E-state index contributed by atoms with van der Waals surface area (Å²) >= 11 is 0. The Labute approximate surface area is 139 Å². The third kappa shape index (κ3) is 3.32. The number of anilines is 1. The van der Waals surface area contributed by atoms with E-state index in [0.717, 1.165) is 0 Å². The Bertz CT molecular complexity index is 909. The van der Waals surface area contributed by atoms with Gasteiger partial charge in [-0.2, -0.15) is 17.7 Å². The first-order valence-corrected chi connectivity index (χ1v) is 7.13. The summed E-state index contributed by atoms with van der Waals surface area (Å²) in [6.07, 6.45) is -4.66. The van der Waals surface area contributed by atoms with Crippen molar-refractivity contribution >= 4 is 11.5 Å². The summed E-state index contributed by atoms with van der Waals surface area (Å²) in [6, 6.07) is 7.35. The maximum atomic E-state index is 13.7. The lowest BCUT2D eigenvalue weighted by atomic mass is 10.2. The molecule has 0 radical (unpaired) electrons. The Morgan fingerprint density at radius 2 is 1.92 bits per heavy atom. The lowest BCUT2D eigenvalue weighted by Crippen LogP contribution is -2.20. The second kappa shape index (κ2) is 6.19. The van der Waals surface area contributed by atoms with Crippen LogP contribution in [0.5, 0.6) is 5.75 Å². The molecule has 10 heteroatoms. The molecule has 3 rings (SSSR count). The number of hydrogen-bond acceptors (Lipinski definition) is 5. The van der Waals surface area contributed by atoms with Gasteiger partial charge in [0.2, 0.25) is 0 Å². The van der Waals surface area contributed by atoms with Crippen LogP contribution in [0.4, 0.5) is 23.4 Å². The van der Waals surface area contributed by atoms with Crippen LogP contribution >= 0.6 is 0 Å². The summed E-state index contributed by atoms with van der Waals surface area (Å²) in [6.45, 7) is 0.239. The van der Waals surface area contributed by atoms with E-state index in [2.05, 4.69) is 15.3 Å². The number of benzene rings is 1. The van der Waals surface area contributed by atoms with E-state index in [9.17, 15) is 17.6 Å². The molecule has 0 bridgehead atoms. The van der Waals surface area contributed by atoms with Crippen LogP contribution < -0.4 is 9.64 Å². The zero-order chi connectivity index (χ0) is 18.2. The Morgan fingerprint density at radius 3 is 2.56 bits per heavy atom. The van der Waals surface area contributed by atoms with Gasteiger partial charge in [0.25, 0.3) is 5.82 Å². The number of alkyl halides is 3. The van der Waals surface area contributed by atoms with E-state index in [4.69, 9.17) is 4.74 Å². The summed E-state index contributed by atoms with van der Waals surface area (Å²) in [7, 11) is 2.99. The molecule has 0 aliphatic carbocycles. The monoisotopic (exact) mass is 355 g/mol. The highest BCUT2D eigenvalue weighted by Crippen LogP contribution is 2.28. The van der Waals surface area contributed by atoms with Crippen molar-refractivity contribution in [3.63, 3.8) is 0 Å². The number of nitrogens with zero attached hydrogens (tertiary/aromatic N) is 5. The van der Waals surface area contributed by atoms with Gasteiger partial charge in [0.1, 0.15) is 5.82 Å². The molecule has 0 aliphatic heterocycles. The third-order valence-electron chi connectivity index (χ3n) is 3.53. The topological polar surface area (TPSA) is 55.5 Å². The van der Waals surface area contributed by atoms with Crippen molar-refractivity contribution in [2.24, 2.45) is 0 Å². The molecule has 0 amide bonds. The summed E-state index contributed by atoms with van der Waals surface area (Å²) in [5.41, 5.74) is 0.600. The largest absolute Gasteiger partial charge is 0.494 e. The first kappa shape index (κ1) is 16.9. The van der Waals surface area contributed by atoms with E-state index >= 15 is 0 Å². The molecule has 0 fully saturated rings. The molecule has 6 nitrogen and oxygen atoms in total. The van der Waals surface area contributed by atoms with Crippen LogP contribution in [0.2, 0.25) is 0 Å². The SMILES string of the molecule is COc1ccc(CN(C)c2ccc3nnc(C(F)(F)F)n3n2)cc1F. The Balaban J connectivity index is 1.89. The minimum absolute atomic E-state index is 0.0139. The lowest BCUT2D eigenvalue weighted by Gasteiger charge is -2.18. The molecule has 2 aromatic heterocycles. The van der Waals surface area contributed by atoms with Gasteiger partial charge in [0.15, 0.2) is 17.2 Å². The van der Waals surface area contributed by atoms with E-state index in [-0.39, 0.29) is 23.8 Å². The average molecular weight is 355 g/mol. The summed E-state index contributed by atoms with van der Waals surface area (Å²) in [4.78, 5) is 1.58. The van der Waals surface area contributed by atoms with Gasteiger partial charge in [-0.1, -0.05) is 6.07 Å². The molecule has 0 unspecified atom stereocenters. The zero-order valence-electron chi connectivity index (χ0n) is 13.3. The average Bonchev–Trinajstić information content (AvgIpc) is 2.98. The predicted molar refractivity (Wildman–Crippen MR) is 80.8 cm³/mol. The van der Waals surface area contributed by atoms with Gasteiger partial charge >= 0.3 is 6.18 Å². The molecular weight excluding hydrogens is 342 g/mol. The molecule has 0 saturated heterocycles. The maximum absolute atomic E-state index is 13.7. The predicted octanol–water partition coefficient (Wildman–Crippen LogP) is 2.93. The van der Waals surface area contributed by atoms with Crippen molar-refractivity contribution in [1.29, 1.82) is 0 Å². The number of halogens is 4. The maximum Gasteiger partial charge on any atom is 0.453 e. The molecule has 0 saturated carbocycles. The number of fused-ring (bicyclic) bond motifs is 1. The van der Waals surface area contributed by atoms with Gasteiger partial charge in [0.05, 0.1) is 7.11 Å². The fourth-order valence-corrected chi connectivity index (χ4v) is 2.32. The minimum Gasteiger partial charge on any atom is -0.494 e. The van der Waals surface area contributed by atoms with Gasteiger partial charge in [0, 0.05) is 13.6 Å². The first-order valence-electron chi connectivity index (χ1n) is 7.13. The summed E-state index contributed by atoms with van der Waals surface area (Å²) in [5.74, 6) is -1.34. The molecular formula is C15H13F4N5O. The third-order valence-corrected chi connectivity index (χ3v) is 3.53. The van der Waals surface area contributed by atoms with E-state index in [0.29, 0.717) is 10.1 Å². The first-order chi connectivity index (χ1) is 11.8. The molecule has 25 heavy (non-hydrogen) atoms. The number of aromatic nitrogens is 4. The van der Waals surface area contributed by atoms with E-state index < -0.39 is 17.8 Å². The molecule has 1 aromatic carbocycles. The fourth-order valence-electron chi connectivity index (χ4n) is 2.32. The van der Waals surface area contributed by atoms with Crippen molar-refractivity contribution in [3.8, 4) is 5.75 Å². The second-order valence-corrected chi connectivity index (χ2v) is 5.31. The van der Waals surface area contributed by atoms with Crippen molar-refractivity contribution in [2.75, 3.05) is 19.1 Å². The van der Waals surface area contributed by atoms with Gasteiger partial charge in [-0.3, -0.25) is 0 Å². The van der Waals surface area contributed by atoms with Crippen LogP contribution in [0.25, 0.3) is 5.65 Å². The number of hydrogen-bond donors (Lipinski definition) is 0. The van der Waals surface area contributed by atoms with Gasteiger partial charge in [-0.15, -0.1) is 15.3 Å². The van der Waals surface area contributed by atoms with E-state index in [1.54, 1.807) is 18.0 Å². The Hall–Kier alpha value is -2.91. The molecule has 0 N–H and O–H groups in total. The number of methoxy groups -OCH3 is 1. The molecule has 0 spiro atoms. The number of rotatable bonds is 4. The smallest absolute Gasteiger partial charge is 0.453 e. The molecule has 0 atom stereocenters. The molecule has 2 heterocycles.